The summed E-state index contributed by atoms with van der Waals surface area (Å²) >= 11 is 18.4. The number of fused-ring (bicyclic) bond motifs is 1. The van der Waals surface area contributed by atoms with Gasteiger partial charge in [0.1, 0.15) is 29.5 Å². The highest BCUT2D eigenvalue weighted by molar-refractivity contribution is 8.00. The van der Waals surface area contributed by atoms with Crippen molar-refractivity contribution in [3.05, 3.63) is 77.5 Å². The number of nitrogens with zero attached hydrogens (tertiary/aromatic N) is 1. The summed E-state index contributed by atoms with van der Waals surface area (Å²) in [5, 5.41) is 2.10. The summed E-state index contributed by atoms with van der Waals surface area (Å²) in [7, 11) is 0. The van der Waals surface area contributed by atoms with Crippen molar-refractivity contribution >= 4 is 70.3 Å². The van der Waals surface area contributed by atoms with Crippen molar-refractivity contribution in [3.8, 4) is 5.75 Å². The molecule has 0 aliphatic carbocycles. The lowest BCUT2D eigenvalue weighted by Gasteiger charge is -2.49. The Kier molecular flexibility index (Phi) is 8.38. The third-order valence-electron chi connectivity index (χ3n) is 5.61. The van der Waals surface area contributed by atoms with Crippen LogP contribution in [0.1, 0.15) is 18.4 Å². The summed E-state index contributed by atoms with van der Waals surface area (Å²) in [5.41, 5.74) is 1.08. The van der Waals surface area contributed by atoms with E-state index >= 15 is 0 Å². The SMILES string of the molecule is CC1=C(C(=O)OCC(Cl)(Cl)Cl)N2C(=O)C(NC(=O)C(C(=O)Oc3ccccc3)c3ccccc3)[C@H]2SC1. The van der Waals surface area contributed by atoms with E-state index < -0.39 is 51.5 Å². The molecule has 0 aromatic heterocycles. The van der Waals surface area contributed by atoms with Gasteiger partial charge in [-0.15, -0.1) is 11.8 Å². The largest absolute Gasteiger partial charge is 0.456 e. The van der Waals surface area contributed by atoms with Crippen LogP contribution in [0.3, 0.4) is 0 Å². The van der Waals surface area contributed by atoms with Gasteiger partial charge in [0.05, 0.1) is 0 Å². The molecule has 8 nitrogen and oxygen atoms in total. The van der Waals surface area contributed by atoms with Gasteiger partial charge in [-0.2, -0.15) is 0 Å². The maximum absolute atomic E-state index is 13.4. The third kappa shape index (κ3) is 6.23. The molecule has 194 valence electrons. The molecule has 0 spiro atoms. The lowest BCUT2D eigenvalue weighted by molar-refractivity contribution is -0.153. The second kappa shape index (κ2) is 11.3. The molecule has 2 amide bonds. The number of rotatable bonds is 7. The molecule has 1 saturated heterocycles. The van der Waals surface area contributed by atoms with Crippen LogP contribution in [0, 0.1) is 0 Å². The molecule has 4 rings (SSSR count). The molecule has 0 saturated carbocycles. The molecular formula is C25H21Cl3N2O6S. The minimum Gasteiger partial charge on any atom is -0.456 e. The van der Waals surface area contributed by atoms with Crippen LogP contribution in [0.25, 0.3) is 0 Å². The van der Waals surface area contributed by atoms with Crippen LogP contribution in [0.4, 0.5) is 0 Å². The Hall–Kier alpha value is -2.72. The second-order valence-electron chi connectivity index (χ2n) is 8.29. The van der Waals surface area contributed by atoms with Crippen molar-refractivity contribution in [2.75, 3.05) is 12.4 Å². The summed E-state index contributed by atoms with van der Waals surface area (Å²) in [6.45, 7) is 1.20. The number of alkyl halides is 3. The molecular weight excluding hydrogens is 563 g/mol. The Morgan fingerprint density at radius 1 is 1.08 bits per heavy atom. The number of para-hydroxylation sites is 1. The summed E-state index contributed by atoms with van der Waals surface area (Å²) in [6.07, 6.45) is 0. The van der Waals surface area contributed by atoms with E-state index in [1.54, 1.807) is 67.6 Å². The molecule has 2 heterocycles. The molecule has 2 aromatic carbocycles. The first-order valence-corrected chi connectivity index (χ1v) is 13.3. The van der Waals surface area contributed by atoms with Gasteiger partial charge in [0.2, 0.25) is 9.70 Å². The Bertz CT molecular complexity index is 1240. The zero-order valence-electron chi connectivity index (χ0n) is 19.4. The maximum atomic E-state index is 13.4. The molecule has 1 fully saturated rings. The first-order valence-electron chi connectivity index (χ1n) is 11.1. The highest BCUT2D eigenvalue weighted by Gasteiger charge is 2.54. The zero-order valence-corrected chi connectivity index (χ0v) is 22.4. The number of carbonyl (C=O) groups excluding carboxylic acids is 4. The number of amides is 2. The van der Waals surface area contributed by atoms with E-state index in [1.807, 2.05) is 0 Å². The topological polar surface area (TPSA) is 102 Å². The maximum Gasteiger partial charge on any atom is 0.355 e. The lowest BCUT2D eigenvalue weighted by atomic mass is 9.96. The zero-order chi connectivity index (χ0) is 26.7. The fourth-order valence-electron chi connectivity index (χ4n) is 3.92. The van der Waals surface area contributed by atoms with E-state index in [0.717, 1.165) is 0 Å². The monoisotopic (exact) mass is 582 g/mol. The van der Waals surface area contributed by atoms with E-state index in [0.29, 0.717) is 16.9 Å². The smallest absolute Gasteiger partial charge is 0.355 e. The van der Waals surface area contributed by atoms with E-state index in [1.165, 1.54) is 16.7 Å². The van der Waals surface area contributed by atoms with Gasteiger partial charge < -0.3 is 14.8 Å². The molecule has 2 aromatic rings. The van der Waals surface area contributed by atoms with Crippen LogP contribution < -0.4 is 10.1 Å². The van der Waals surface area contributed by atoms with Crippen LogP contribution in [-0.2, 0) is 23.9 Å². The summed E-state index contributed by atoms with van der Waals surface area (Å²) < 4.78 is 8.71. The van der Waals surface area contributed by atoms with Gasteiger partial charge in [-0.05, 0) is 30.2 Å². The molecule has 1 N–H and O–H groups in total. The Balaban J connectivity index is 1.50. The minimum absolute atomic E-state index is 0.0524. The lowest BCUT2D eigenvalue weighted by Crippen LogP contribution is -2.71. The van der Waals surface area contributed by atoms with Gasteiger partial charge in [-0.3, -0.25) is 19.3 Å². The van der Waals surface area contributed by atoms with Gasteiger partial charge in [-0.1, -0.05) is 83.3 Å². The molecule has 2 aliphatic rings. The molecule has 2 unspecified atom stereocenters. The predicted molar refractivity (Wildman–Crippen MR) is 140 cm³/mol. The highest BCUT2D eigenvalue weighted by Crippen LogP contribution is 2.41. The number of hydrogen-bond donors (Lipinski definition) is 1. The van der Waals surface area contributed by atoms with Crippen molar-refractivity contribution < 1.29 is 28.7 Å². The fourth-order valence-corrected chi connectivity index (χ4v) is 5.37. The number of thioether (sulfide) groups is 1. The number of halogens is 3. The number of nitrogens with one attached hydrogen (secondary N) is 1. The van der Waals surface area contributed by atoms with Gasteiger partial charge >= 0.3 is 11.9 Å². The average molecular weight is 584 g/mol. The van der Waals surface area contributed by atoms with Crippen LogP contribution in [0.15, 0.2) is 71.9 Å². The summed E-state index contributed by atoms with van der Waals surface area (Å²) in [4.78, 5) is 53.4. The van der Waals surface area contributed by atoms with E-state index in [2.05, 4.69) is 5.32 Å². The molecule has 2 aliphatic heterocycles. The number of ether oxygens (including phenoxy) is 2. The fraction of sp³-hybridized carbons (Fsp3) is 0.280. The number of carbonyl (C=O) groups is 4. The minimum atomic E-state index is -1.80. The molecule has 12 heteroatoms. The van der Waals surface area contributed by atoms with Crippen molar-refractivity contribution in [2.24, 2.45) is 0 Å². The van der Waals surface area contributed by atoms with E-state index in [-0.39, 0.29) is 11.4 Å². The normalized spacial score (nSPS) is 19.9. The Morgan fingerprint density at radius 2 is 1.70 bits per heavy atom. The molecule has 3 atom stereocenters. The molecule has 0 bridgehead atoms. The Labute approximate surface area is 232 Å². The standard InChI is InChI=1S/C25H21Cl3N2O6S/c1-14-12-37-22-18(21(32)30(22)19(14)24(34)35-13-25(26,27)28)29-20(31)17(15-8-4-2-5-9-15)23(33)36-16-10-6-3-7-11-16/h2-11,17-18,22H,12-13H2,1H3,(H,29,31)/t17?,18?,22-/m1/s1. The predicted octanol–water partition coefficient (Wildman–Crippen LogP) is 3.96. The van der Waals surface area contributed by atoms with Gasteiger partial charge in [0.15, 0.2) is 5.92 Å². The molecule has 0 radical (unpaired) electrons. The van der Waals surface area contributed by atoms with Crippen LogP contribution >= 0.6 is 46.6 Å². The van der Waals surface area contributed by atoms with Crippen LogP contribution in [0.2, 0.25) is 0 Å². The van der Waals surface area contributed by atoms with Crippen molar-refractivity contribution in [2.45, 2.75) is 28.0 Å². The third-order valence-corrected chi connectivity index (χ3v) is 7.36. The summed E-state index contributed by atoms with van der Waals surface area (Å²) in [5.74, 6) is -3.43. The number of hydrogen-bond acceptors (Lipinski definition) is 7. The Morgan fingerprint density at radius 3 is 2.32 bits per heavy atom. The van der Waals surface area contributed by atoms with Crippen molar-refractivity contribution in [3.63, 3.8) is 0 Å². The quantitative estimate of drug-likeness (QED) is 0.173. The van der Waals surface area contributed by atoms with Crippen molar-refractivity contribution in [1.82, 2.24) is 10.2 Å². The van der Waals surface area contributed by atoms with Gasteiger partial charge in [0, 0.05) is 5.75 Å². The van der Waals surface area contributed by atoms with Gasteiger partial charge in [0.25, 0.3) is 5.91 Å². The van der Waals surface area contributed by atoms with E-state index in [9.17, 15) is 19.2 Å². The number of β-lactam (4-membered cyclic amide) rings is 1. The summed E-state index contributed by atoms with van der Waals surface area (Å²) in [6, 6.07) is 15.8. The van der Waals surface area contributed by atoms with Crippen molar-refractivity contribution in [1.29, 1.82) is 0 Å². The van der Waals surface area contributed by atoms with E-state index in [4.69, 9.17) is 44.3 Å². The van der Waals surface area contributed by atoms with Crippen LogP contribution in [0.5, 0.6) is 5.75 Å². The first-order chi connectivity index (χ1) is 17.6. The average Bonchev–Trinajstić information content (AvgIpc) is 2.86. The number of esters is 2. The highest BCUT2D eigenvalue weighted by atomic mass is 35.6. The molecule has 37 heavy (non-hydrogen) atoms. The van der Waals surface area contributed by atoms with Crippen LogP contribution in [-0.4, -0.2) is 56.2 Å². The second-order valence-corrected chi connectivity index (χ2v) is 11.9. The first kappa shape index (κ1) is 27.3. The number of benzene rings is 2. The van der Waals surface area contributed by atoms with Gasteiger partial charge in [-0.25, -0.2) is 4.79 Å².